The normalized spacial score (nSPS) is 10.4. The van der Waals surface area contributed by atoms with E-state index >= 15 is 0 Å². The summed E-state index contributed by atoms with van der Waals surface area (Å²) in [5, 5.41) is 2.70. The second-order valence-corrected chi connectivity index (χ2v) is 6.87. The first-order valence-corrected chi connectivity index (χ1v) is 9.30. The highest BCUT2D eigenvalue weighted by atomic mass is 79.9. The van der Waals surface area contributed by atoms with Crippen molar-refractivity contribution in [2.45, 2.75) is 13.5 Å². The molecule has 0 fully saturated rings. The van der Waals surface area contributed by atoms with Gasteiger partial charge in [-0.05, 0) is 55.0 Å². The molecule has 1 N–H and O–H groups in total. The fourth-order valence-corrected chi connectivity index (χ4v) is 2.87. The Bertz CT molecular complexity index is 968. The Morgan fingerprint density at radius 2 is 1.86 bits per heavy atom. The van der Waals surface area contributed by atoms with E-state index in [1.807, 2.05) is 49.4 Å². The molecule has 1 aromatic heterocycles. The Balaban J connectivity index is 1.48. The van der Waals surface area contributed by atoms with Crippen molar-refractivity contribution in [3.8, 4) is 5.75 Å². The minimum atomic E-state index is -0.714. The SMILES string of the molecule is Cc1cc(Br)ccc1NC(=O)COC(=O)c1ccc(COc2ccccc2)o1. The number of hydrogen-bond acceptors (Lipinski definition) is 5. The predicted octanol–water partition coefficient (Wildman–Crippen LogP) is 4.73. The summed E-state index contributed by atoms with van der Waals surface area (Å²) in [6.45, 7) is 1.64. The van der Waals surface area contributed by atoms with Gasteiger partial charge < -0.3 is 19.2 Å². The molecular weight excluding hydrogens is 426 g/mol. The number of benzene rings is 2. The molecule has 0 saturated carbocycles. The molecule has 1 heterocycles. The summed E-state index contributed by atoms with van der Waals surface area (Å²) in [6.07, 6.45) is 0. The Morgan fingerprint density at radius 1 is 1.07 bits per heavy atom. The van der Waals surface area contributed by atoms with Crippen LogP contribution in [-0.2, 0) is 16.1 Å². The van der Waals surface area contributed by atoms with Gasteiger partial charge in [0.15, 0.2) is 6.61 Å². The average molecular weight is 444 g/mol. The van der Waals surface area contributed by atoms with Crippen molar-refractivity contribution in [1.29, 1.82) is 0 Å². The molecule has 0 atom stereocenters. The van der Waals surface area contributed by atoms with E-state index in [0.29, 0.717) is 17.2 Å². The van der Waals surface area contributed by atoms with E-state index in [9.17, 15) is 9.59 Å². The predicted molar refractivity (Wildman–Crippen MR) is 107 cm³/mol. The maximum Gasteiger partial charge on any atom is 0.374 e. The van der Waals surface area contributed by atoms with Gasteiger partial charge in [0.2, 0.25) is 5.76 Å². The van der Waals surface area contributed by atoms with E-state index in [1.54, 1.807) is 12.1 Å². The molecule has 6 nitrogen and oxygen atoms in total. The summed E-state index contributed by atoms with van der Waals surface area (Å²) in [7, 11) is 0. The maximum atomic E-state index is 12.1. The number of para-hydroxylation sites is 1. The number of nitrogens with one attached hydrogen (secondary N) is 1. The number of rotatable bonds is 7. The lowest BCUT2D eigenvalue weighted by Gasteiger charge is -2.09. The molecule has 28 heavy (non-hydrogen) atoms. The topological polar surface area (TPSA) is 77.8 Å². The van der Waals surface area contributed by atoms with Crippen molar-refractivity contribution >= 4 is 33.5 Å². The van der Waals surface area contributed by atoms with Crippen LogP contribution in [-0.4, -0.2) is 18.5 Å². The molecule has 3 aromatic rings. The number of ether oxygens (including phenoxy) is 2. The number of hydrogen-bond donors (Lipinski definition) is 1. The number of anilines is 1. The molecule has 7 heteroatoms. The van der Waals surface area contributed by atoms with E-state index in [4.69, 9.17) is 13.9 Å². The second kappa shape index (κ2) is 9.23. The number of amides is 1. The fourth-order valence-electron chi connectivity index (χ4n) is 2.39. The van der Waals surface area contributed by atoms with Gasteiger partial charge in [0.1, 0.15) is 18.1 Å². The summed E-state index contributed by atoms with van der Waals surface area (Å²) in [5.41, 5.74) is 1.55. The van der Waals surface area contributed by atoms with Crippen molar-refractivity contribution in [2.24, 2.45) is 0 Å². The van der Waals surface area contributed by atoms with Crippen LogP contribution in [0.5, 0.6) is 5.75 Å². The highest BCUT2D eigenvalue weighted by molar-refractivity contribution is 9.10. The number of esters is 1. The minimum absolute atomic E-state index is 0.0132. The van der Waals surface area contributed by atoms with Crippen LogP contribution in [0.15, 0.2) is 69.6 Å². The summed E-state index contributed by atoms with van der Waals surface area (Å²) in [4.78, 5) is 24.1. The van der Waals surface area contributed by atoms with Crippen LogP contribution < -0.4 is 10.1 Å². The van der Waals surface area contributed by atoms with Gasteiger partial charge in [0, 0.05) is 10.2 Å². The smallest absolute Gasteiger partial charge is 0.374 e. The van der Waals surface area contributed by atoms with E-state index < -0.39 is 18.5 Å². The fraction of sp³-hybridized carbons (Fsp3) is 0.143. The maximum absolute atomic E-state index is 12.1. The Kier molecular flexibility index (Phi) is 6.49. The van der Waals surface area contributed by atoms with Crippen LogP contribution in [0.1, 0.15) is 21.9 Å². The number of carbonyl (C=O) groups excluding carboxylic acids is 2. The van der Waals surface area contributed by atoms with E-state index in [0.717, 1.165) is 10.0 Å². The summed E-state index contributed by atoms with van der Waals surface area (Å²) in [5.74, 6) is 0.0413. The van der Waals surface area contributed by atoms with Gasteiger partial charge in [-0.2, -0.15) is 0 Å². The third-order valence-corrected chi connectivity index (χ3v) is 4.28. The molecule has 3 rings (SSSR count). The van der Waals surface area contributed by atoms with Gasteiger partial charge in [-0.3, -0.25) is 4.79 Å². The van der Waals surface area contributed by atoms with Gasteiger partial charge in [-0.15, -0.1) is 0 Å². The van der Waals surface area contributed by atoms with Crippen molar-refractivity contribution in [3.63, 3.8) is 0 Å². The van der Waals surface area contributed by atoms with E-state index in [-0.39, 0.29) is 12.4 Å². The molecule has 1 amide bonds. The Hall–Kier alpha value is -3.06. The monoisotopic (exact) mass is 443 g/mol. The molecule has 0 radical (unpaired) electrons. The van der Waals surface area contributed by atoms with Crippen LogP contribution in [0.3, 0.4) is 0 Å². The van der Waals surface area contributed by atoms with Gasteiger partial charge >= 0.3 is 5.97 Å². The largest absolute Gasteiger partial charge is 0.486 e. The zero-order chi connectivity index (χ0) is 19.9. The van der Waals surface area contributed by atoms with E-state index in [2.05, 4.69) is 21.2 Å². The van der Waals surface area contributed by atoms with Crippen molar-refractivity contribution in [3.05, 3.63) is 82.2 Å². The van der Waals surface area contributed by atoms with Crippen molar-refractivity contribution in [1.82, 2.24) is 0 Å². The number of aryl methyl sites for hydroxylation is 1. The number of carbonyl (C=O) groups is 2. The molecule has 0 aliphatic rings. The molecule has 0 saturated heterocycles. The first-order chi connectivity index (χ1) is 13.5. The molecule has 0 aliphatic carbocycles. The zero-order valence-electron chi connectivity index (χ0n) is 15.1. The molecule has 0 spiro atoms. The third-order valence-electron chi connectivity index (χ3n) is 3.78. The van der Waals surface area contributed by atoms with Crippen LogP contribution in [0.4, 0.5) is 5.69 Å². The average Bonchev–Trinajstić information content (AvgIpc) is 3.17. The molecule has 2 aromatic carbocycles. The Morgan fingerprint density at radius 3 is 2.61 bits per heavy atom. The van der Waals surface area contributed by atoms with Gasteiger partial charge in [-0.1, -0.05) is 34.1 Å². The van der Waals surface area contributed by atoms with Crippen LogP contribution in [0, 0.1) is 6.92 Å². The minimum Gasteiger partial charge on any atom is -0.486 e. The van der Waals surface area contributed by atoms with Gasteiger partial charge in [0.05, 0.1) is 0 Å². The molecule has 0 bridgehead atoms. The molecule has 0 aliphatic heterocycles. The molecule has 144 valence electrons. The Labute approximate surface area is 170 Å². The lowest BCUT2D eigenvalue weighted by molar-refractivity contribution is -0.119. The molecular formula is C21H18BrNO5. The molecule has 0 unspecified atom stereocenters. The lowest BCUT2D eigenvalue weighted by Crippen LogP contribution is -2.21. The van der Waals surface area contributed by atoms with Crippen LogP contribution in [0.25, 0.3) is 0 Å². The third kappa shape index (κ3) is 5.47. The van der Waals surface area contributed by atoms with Crippen LogP contribution >= 0.6 is 15.9 Å². The highest BCUT2D eigenvalue weighted by Crippen LogP contribution is 2.20. The van der Waals surface area contributed by atoms with E-state index in [1.165, 1.54) is 6.07 Å². The zero-order valence-corrected chi connectivity index (χ0v) is 16.7. The first kappa shape index (κ1) is 19.7. The van der Waals surface area contributed by atoms with Crippen molar-refractivity contribution in [2.75, 3.05) is 11.9 Å². The van der Waals surface area contributed by atoms with Gasteiger partial charge in [0.25, 0.3) is 5.91 Å². The highest BCUT2D eigenvalue weighted by Gasteiger charge is 2.15. The standard InChI is InChI=1S/C21H18BrNO5/c1-14-11-15(22)7-9-18(14)23-20(24)13-27-21(25)19-10-8-17(28-19)12-26-16-5-3-2-4-6-16/h2-11H,12-13H2,1H3,(H,23,24). The summed E-state index contributed by atoms with van der Waals surface area (Å²) >= 11 is 3.36. The summed E-state index contributed by atoms with van der Waals surface area (Å²) < 4.78 is 16.9. The van der Waals surface area contributed by atoms with Crippen LogP contribution in [0.2, 0.25) is 0 Å². The summed E-state index contributed by atoms with van der Waals surface area (Å²) in [6, 6.07) is 17.8. The number of halogens is 1. The quantitative estimate of drug-likeness (QED) is 0.534. The number of furan rings is 1. The van der Waals surface area contributed by atoms with Crippen molar-refractivity contribution < 1.29 is 23.5 Å². The lowest BCUT2D eigenvalue weighted by atomic mass is 10.2. The second-order valence-electron chi connectivity index (χ2n) is 5.95. The first-order valence-electron chi connectivity index (χ1n) is 8.51. The van der Waals surface area contributed by atoms with Gasteiger partial charge in [-0.25, -0.2) is 4.79 Å².